The van der Waals surface area contributed by atoms with E-state index in [1.54, 1.807) is 18.2 Å². The molecule has 0 bridgehead atoms. The zero-order valence-electron chi connectivity index (χ0n) is 22.0. The number of hydrogen-bond donors (Lipinski definition) is 3. The van der Waals surface area contributed by atoms with Crippen LogP contribution in [0.4, 0.5) is 0 Å². The van der Waals surface area contributed by atoms with Gasteiger partial charge in [-0.2, -0.15) is 5.26 Å². The third kappa shape index (κ3) is 4.01. The lowest BCUT2D eigenvalue weighted by atomic mass is 9.68. The zero-order chi connectivity index (χ0) is 27.5. The van der Waals surface area contributed by atoms with Crippen LogP contribution in [0.25, 0.3) is 10.9 Å². The molecule has 2 fully saturated rings. The van der Waals surface area contributed by atoms with Crippen LogP contribution in [0, 0.1) is 16.7 Å². The molecule has 2 aromatic heterocycles. The molecular formula is C29H30N6O4. The molecule has 2 saturated heterocycles. The van der Waals surface area contributed by atoms with E-state index >= 15 is 0 Å². The number of aromatic amines is 1. The van der Waals surface area contributed by atoms with Gasteiger partial charge in [0, 0.05) is 43.1 Å². The number of hydrogen-bond acceptors (Lipinski definition) is 7. The van der Waals surface area contributed by atoms with Gasteiger partial charge in [0.15, 0.2) is 0 Å². The van der Waals surface area contributed by atoms with Crippen LogP contribution in [-0.2, 0) is 28.3 Å². The van der Waals surface area contributed by atoms with E-state index in [0.29, 0.717) is 48.6 Å². The Kier molecular flexibility index (Phi) is 5.82. The number of piperidine rings is 2. The molecule has 0 saturated carbocycles. The summed E-state index contributed by atoms with van der Waals surface area (Å²) in [4.78, 5) is 48.8. The average Bonchev–Trinajstić information content (AvgIpc) is 3.46. The minimum Gasteiger partial charge on any atom is -0.383 e. The number of H-pyrrole nitrogens is 1. The van der Waals surface area contributed by atoms with E-state index in [1.165, 1.54) is 4.90 Å². The molecule has 10 heteroatoms. The van der Waals surface area contributed by atoms with E-state index in [-0.39, 0.29) is 31.2 Å². The Balaban J connectivity index is 1.21. The van der Waals surface area contributed by atoms with Crippen molar-refractivity contribution in [3.05, 3.63) is 64.6 Å². The fourth-order valence-electron chi connectivity index (χ4n) is 6.38. The summed E-state index contributed by atoms with van der Waals surface area (Å²) < 4.78 is 0. The van der Waals surface area contributed by atoms with Crippen LogP contribution < -0.4 is 5.32 Å². The number of nitrogens with zero attached hydrogens (tertiary/aromatic N) is 4. The highest BCUT2D eigenvalue weighted by molar-refractivity contribution is 6.05. The first kappa shape index (κ1) is 25.2. The molecule has 200 valence electrons. The van der Waals surface area contributed by atoms with Crippen molar-refractivity contribution >= 4 is 28.6 Å². The van der Waals surface area contributed by atoms with E-state index in [1.807, 2.05) is 32.2 Å². The second kappa shape index (κ2) is 9.00. The Morgan fingerprint density at radius 2 is 2.03 bits per heavy atom. The number of nitrogens with one attached hydrogen (secondary N) is 2. The number of rotatable bonds is 4. The van der Waals surface area contributed by atoms with E-state index in [2.05, 4.69) is 21.3 Å². The van der Waals surface area contributed by atoms with Gasteiger partial charge in [-0.15, -0.1) is 0 Å². The van der Waals surface area contributed by atoms with Crippen LogP contribution in [0.5, 0.6) is 0 Å². The molecule has 3 amide bonds. The first-order valence-electron chi connectivity index (χ1n) is 13.2. The molecule has 6 rings (SSSR count). The largest absolute Gasteiger partial charge is 0.383 e. The molecule has 3 N–H and O–H groups in total. The second-order valence-electron chi connectivity index (χ2n) is 11.4. The molecule has 0 radical (unpaired) electrons. The van der Waals surface area contributed by atoms with Crippen molar-refractivity contribution in [1.29, 1.82) is 5.26 Å². The number of amides is 3. The monoisotopic (exact) mass is 526 g/mol. The summed E-state index contributed by atoms with van der Waals surface area (Å²) in [6, 6.07) is 10.7. The maximum absolute atomic E-state index is 13.1. The average molecular weight is 527 g/mol. The SMILES string of the molecule is CC1(C)CN(Cc2c[nH]c3c(C#N)cccc23)CCC1(O)c1ccc2c(n1)CN(C1CCC(=O)NC1=O)C2=O. The van der Waals surface area contributed by atoms with Crippen molar-refractivity contribution in [2.75, 3.05) is 13.1 Å². The predicted molar refractivity (Wildman–Crippen MR) is 141 cm³/mol. The molecule has 3 aliphatic heterocycles. The minimum atomic E-state index is -1.21. The highest BCUT2D eigenvalue weighted by atomic mass is 16.3. The number of imide groups is 1. The van der Waals surface area contributed by atoms with Gasteiger partial charge in [0.05, 0.1) is 34.6 Å². The topological polar surface area (TPSA) is 142 Å². The van der Waals surface area contributed by atoms with Gasteiger partial charge in [0.1, 0.15) is 17.7 Å². The molecular weight excluding hydrogens is 496 g/mol. The Morgan fingerprint density at radius 3 is 2.77 bits per heavy atom. The Labute approximate surface area is 225 Å². The molecule has 10 nitrogen and oxygen atoms in total. The predicted octanol–water partition coefficient (Wildman–Crippen LogP) is 2.32. The normalized spacial score (nSPS) is 25.0. The van der Waals surface area contributed by atoms with Crippen LogP contribution in [-0.4, -0.2) is 61.7 Å². The molecule has 1 aromatic carbocycles. The van der Waals surface area contributed by atoms with Crippen molar-refractivity contribution < 1.29 is 19.5 Å². The van der Waals surface area contributed by atoms with E-state index in [4.69, 9.17) is 4.98 Å². The summed E-state index contributed by atoms with van der Waals surface area (Å²) in [6.07, 6.45) is 2.89. The number of para-hydroxylation sites is 1. The van der Waals surface area contributed by atoms with E-state index in [0.717, 1.165) is 16.5 Å². The van der Waals surface area contributed by atoms with Crippen molar-refractivity contribution in [2.24, 2.45) is 5.41 Å². The minimum absolute atomic E-state index is 0.169. The number of likely N-dealkylation sites (tertiary alicyclic amines) is 1. The Hall–Kier alpha value is -4.07. The number of aliphatic hydroxyl groups is 1. The standard InChI is InChI=1S/C29H30N6O4/c1-28(2)16-34(14-18-13-31-25-17(12-30)4-3-5-19(18)25)11-10-29(28,39)23-8-6-20-21(32-23)15-35(27(20)38)22-7-9-24(36)33-26(22)37/h3-6,8,13,22,31,39H,7,9-11,14-16H2,1-2H3,(H,33,36,37). The lowest BCUT2D eigenvalue weighted by molar-refractivity contribution is -0.137. The summed E-state index contributed by atoms with van der Waals surface area (Å²) >= 11 is 0. The van der Waals surface area contributed by atoms with E-state index < -0.39 is 23.0 Å². The maximum Gasteiger partial charge on any atom is 0.256 e. The van der Waals surface area contributed by atoms with Gasteiger partial charge in [-0.1, -0.05) is 26.0 Å². The summed E-state index contributed by atoms with van der Waals surface area (Å²) in [5, 5.41) is 24.8. The molecule has 0 spiro atoms. The molecule has 2 unspecified atom stereocenters. The van der Waals surface area contributed by atoms with Gasteiger partial charge < -0.3 is 15.0 Å². The summed E-state index contributed by atoms with van der Waals surface area (Å²) in [5.74, 6) is -1.06. The fourth-order valence-corrected chi connectivity index (χ4v) is 6.38. The van der Waals surface area contributed by atoms with Crippen LogP contribution >= 0.6 is 0 Å². The third-order valence-corrected chi connectivity index (χ3v) is 8.64. The van der Waals surface area contributed by atoms with Gasteiger partial charge in [-0.3, -0.25) is 29.6 Å². The Bertz CT molecular complexity index is 1570. The van der Waals surface area contributed by atoms with Crippen molar-refractivity contribution in [3.63, 3.8) is 0 Å². The first-order chi connectivity index (χ1) is 18.6. The smallest absolute Gasteiger partial charge is 0.256 e. The van der Waals surface area contributed by atoms with E-state index in [9.17, 15) is 24.8 Å². The van der Waals surface area contributed by atoms with Gasteiger partial charge >= 0.3 is 0 Å². The fraction of sp³-hybridized carbons (Fsp3) is 0.414. The van der Waals surface area contributed by atoms with Crippen LogP contribution in [0.1, 0.15) is 66.0 Å². The lowest BCUT2D eigenvalue weighted by Gasteiger charge is -2.50. The number of benzene rings is 1. The number of carbonyl (C=O) groups is 3. The third-order valence-electron chi connectivity index (χ3n) is 8.64. The Morgan fingerprint density at radius 1 is 1.21 bits per heavy atom. The van der Waals surface area contributed by atoms with Crippen LogP contribution in [0.3, 0.4) is 0 Å². The number of pyridine rings is 1. The lowest BCUT2D eigenvalue weighted by Crippen LogP contribution is -2.55. The molecule has 39 heavy (non-hydrogen) atoms. The van der Waals surface area contributed by atoms with Gasteiger partial charge in [0.2, 0.25) is 11.8 Å². The van der Waals surface area contributed by atoms with Gasteiger partial charge in [-0.05, 0) is 36.6 Å². The number of nitriles is 1. The number of fused-ring (bicyclic) bond motifs is 2. The van der Waals surface area contributed by atoms with Crippen LogP contribution in [0.2, 0.25) is 0 Å². The number of aromatic nitrogens is 2. The molecule has 0 aliphatic carbocycles. The zero-order valence-corrected chi connectivity index (χ0v) is 22.0. The van der Waals surface area contributed by atoms with Gasteiger partial charge in [-0.25, -0.2) is 0 Å². The summed E-state index contributed by atoms with van der Waals surface area (Å²) in [5.41, 5.74) is 2.29. The van der Waals surface area contributed by atoms with Gasteiger partial charge in [0.25, 0.3) is 5.91 Å². The quantitative estimate of drug-likeness (QED) is 0.443. The second-order valence-corrected chi connectivity index (χ2v) is 11.4. The van der Waals surface area contributed by atoms with Crippen molar-refractivity contribution in [3.8, 4) is 6.07 Å². The maximum atomic E-state index is 13.1. The summed E-state index contributed by atoms with van der Waals surface area (Å²) in [7, 11) is 0. The highest BCUT2D eigenvalue weighted by Crippen LogP contribution is 2.46. The molecule has 3 aliphatic rings. The molecule has 2 atom stereocenters. The van der Waals surface area contributed by atoms with Crippen molar-refractivity contribution in [2.45, 2.75) is 57.8 Å². The molecule has 5 heterocycles. The molecule has 3 aromatic rings. The summed E-state index contributed by atoms with van der Waals surface area (Å²) in [6.45, 7) is 6.16. The van der Waals surface area contributed by atoms with Crippen molar-refractivity contribution in [1.82, 2.24) is 25.1 Å². The van der Waals surface area contributed by atoms with Crippen LogP contribution in [0.15, 0.2) is 36.5 Å². The first-order valence-corrected chi connectivity index (χ1v) is 13.2. The highest BCUT2D eigenvalue weighted by Gasteiger charge is 2.50. The number of carbonyl (C=O) groups excluding carboxylic acids is 3.